The van der Waals surface area contributed by atoms with Crippen molar-refractivity contribution in [2.75, 3.05) is 17.2 Å². The van der Waals surface area contributed by atoms with Gasteiger partial charge >= 0.3 is 0 Å². The molecule has 0 aromatic heterocycles. The molecule has 0 radical (unpaired) electrons. The van der Waals surface area contributed by atoms with Gasteiger partial charge in [-0.3, -0.25) is 9.59 Å². The molecule has 0 unspecified atom stereocenters. The molecule has 142 valence electrons. The van der Waals surface area contributed by atoms with Crippen molar-refractivity contribution in [2.45, 2.75) is 6.92 Å². The van der Waals surface area contributed by atoms with E-state index in [-0.39, 0.29) is 18.4 Å². The van der Waals surface area contributed by atoms with Gasteiger partial charge in [0.2, 0.25) is 5.91 Å². The molecule has 0 bridgehead atoms. The fraction of sp³-hybridized carbons (Fsp3) is 0.0909. The molecule has 5 nitrogen and oxygen atoms in total. The Morgan fingerprint density at radius 2 is 1.50 bits per heavy atom. The Kier molecular flexibility index (Phi) is 6.29. The minimum Gasteiger partial charge on any atom is -0.354 e. The Labute approximate surface area is 168 Å². The number of aryl methyl sites for hydroxylation is 1. The summed E-state index contributed by atoms with van der Waals surface area (Å²) >= 11 is 5.81. The minimum absolute atomic E-state index is 0.139. The zero-order chi connectivity index (χ0) is 19.9. The van der Waals surface area contributed by atoms with Crippen LogP contribution in [-0.4, -0.2) is 18.4 Å². The lowest BCUT2D eigenvalue weighted by Gasteiger charge is -2.13. The average molecular weight is 394 g/mol. The third-order valence-corrected chi connectivity index (χ3v) is 4.30. The van der Waals surface area contributed by atoms with Gasteiger partial charge in [0.15, 0.2) is 0 Å². The van der Waals surface area contributed by atoms with Gasteiger partial charge in [0.05, 0.1) is 17.9 Å². The number of para-hydroxylation sites is 2. The van der Waals surface area contributed by atoms with Crippen LogP contribution in [0.3, 0.4) is 0 Å². The minimum atomic E-state index is -0.335. The molecule has 2 amide bonds. The number of hydrogen-bond donors (Lipinski definition) is 3. The number of rotatable bonds is 6. The number of carbonyl (C=O) groups is 2. The van der Waals surface area contributed by atoms with Crippen LogP contribution in [0.4, 0.5) is 17.1 Å². The highest BCUT2D eigenvalue weighted by Crippen LogP contribution is 2.25. The molecule has 0 aliphatic heterocycles. The maximum Gasteiger partial charge on any atom is 0.251 e. The summed E-state index contributed by atoms with van der Waals surface area (Å²) in [5.41, 5.74) is 3.93. The van der Waals surface area contributed by atoms with Gasteiger partial charge < -0.3 is 16.0 Å². The first-order valence-electron chi connectivity index (χ1n) is 8.77. The standard InChI is InChI=1S/C22H20ClN3O2/c1-15-6-12-18(13-7-15)25-19-4-2-3-5-20(19)26-21(27)14-24-22(28)16-8-10-17(23)11-9-16/h2-13,25H,14H2,1H3,(H,24,28)(H,26,27). The van der Waals surface area contributed by atoms with Crippen molar-refractivity contribution in [3.05, 3.63) is 88.9 Å². The quantitative estimate of drug-likeness (QED) is 0.565. The number of amides is 2. The fourth-order valence-corrected chi connectivity index (χ4v) is 2.68. The summed E-state index contributed by atoms with van der Waals surface area (Å²) in [5, 5.41) is 9.25. The SMILES string of the molecule is Cc1ccc(Nc2ccccc2NC(=O)CNC(=O)c2ccc(Cl)cc2)cc1. The lowest BCUT2D eigenvalue weighted by atomic mass is 10.2. The van der Waals surface area contributed by atoms with Crippen LogP contribution in [0, 0.1) is 6.92 Å². The normalized spacial score (nSPS) is 10.2. The van der Waals surface area contributed by atoms with Crippen LogP contribution >= 0.6 is 11.6 Å². The zero-order valence-electron chi connectivity index (χ0n) is 15.3. The molecule has 0 aliphatic carbocycles. The summed E-state index contributed by atoms with van der Waals surface area (Å²) in [6.45, 7) is 1.89. The lowest BCUT2D eigenvalue weighted by molar-refractivity contribution is -0.115. The summed E-state index contributed by atoms with van der Waals surface area (Å²) in [6, 6.07) is 21.8. The predicted octanol–water partition coefficient (Wildman–Crippen LogP) is 4.76. The van der Waals surface area contributed by atoms with Crippen LogP contribution in [-0.2, 0) is 4.79 Å². The Balaban J connectivity index is 1.60. The van der Waals surface area contributed by atoms with Crippen LogP contribution in [0.1, 0.15) is 15.9 Å². The number of carbonyl (C=O) groups excluding carboxylic acids is 2. The van der Waals surface area contributed by atoms with Crippen molar-refractivity contribution in [2.24, 2.45) is 0 Å². The van der Waals surface area contributed by atoms with Gasteiger partial charge in [0.25, 0.3) is 5.91 Å². The highest BCUT2D eigenvalue weighted by atomic mass is 35.5. The number of hydrogen-bond acceptors (Lipinski definition) is 3. The number of nitrogens with one attached hydrogen (secondary N) is 3. The van der Waals surface area contributed by atoms with Crippen molar-refractivity contribution >= 4 is 40.5 Å². The molecule has 0 heterocycles. The van der Waals surface area contributed by atoms with Gasteiger partial charge in [-0.15, -0.1) is 0 Å². The first-order chi connectivity index (χ1) is 13.5. The molecule has 0 aliphatic rings. The van der Waals surface area contributed by atoms with Crippen molar-refractivity contribution in [3.8, 4) is 0 Å². The van der Waals surface area contributed by atoms with E-state index in [0.717, 1.165) is 11.4 Å². The molecule has 3 aromatic carbocycles. The highest BCUT2D eigenvalue weighted by Gasteiger charge is 2.10. The Morgan fingerprint density at radius 1 is 0.857 bits per heavy atom. The van der Waals surface area contributed by atoms with Crippen molar-refractivity contribution in [3.63, 3.8) is 0 Å². The Hall–Kier alpha value is -3.31. The number of halogens is 1. The number of anilines is 3. The molecule has 0 fully saturated rings. The van der Waals surface area contributed by atoms with Crippen molar-refractivity contribution in [1.29, 1.82) is 0 Å². The second-order valence-electron chi connectivity index (χ2n) is 6.27. The summed E-state index contributed by atoms with van der Waals surface area (Å²) in [4.78, 5) is 24.4. The summed E-state index contributed by atoms with van der Waals surface area (Å²) in [6.07, 6.45) is 0. The highest BCUT2D eigenvalue weighted by molar-refractivity contribution is 6.30. The molecule has 6 heteroatoms. The second-order valence-corrected chi connectivity index (χ2v) is 6.71. The van der Waals surface area contributed by atoms with Gasteiger partial charge in [-0.2, -0.15) is 0 Å². The van der Waals surface area contributed by atoms with E-state index in [4.69, 9.17) is 11.6 Å². The molecule has 3 N–H and O–H groups in total. The molecule has 28 heavy (non-hydrogen) atoms. The van der Waals surface area contributed by atoms with Crippen LogP contribution in [0.15, 0.2) is 72.8 Å². The van der Waals surface area contributed by atoms with Crippen LogP contribution in [0.25, 0.3) is 0 Å². The van der Waals surface area contributed by atoms with E-state index in [1.165, 1.54) is 5.56 Å². The molecule has 0 atom stereocenters. The van der Waals surface area contributed by atoms with E-state index in [1.807, 2.05) is 49.4 Å². The van der Waals surface area contributed by atoms with E-state index in [9.17, 15) is 9.59 Å². The summed E-state index contributed by atoms with van der Waals surface area (Å²) in [7, 11) is 0. The van der Waals surface area contributed by atoms with Crippen LogP contribution in [0.5, 0.6) is 0 Å². The third-order valence-electron chi connectivity index (χ3n) is 4.05. The molecular formula is C22H20ClN3O2. The molecule has 0 saturated carbocycles. The van der Waals surface area contributed by atoms with Crippen molar-refractivity contribution < 1.29 is 9.59 Å². The topological polar surface area (TPSA) is 70.2 Å². The monoisotopic (exact) mass is 393 g/mol. The maximum absolute atomic E-state index is 12.3. The van der Waals surface area contributed by atoms with Gasteiger partial charge in [0, 0.05) is 16.3 Å². The van der Waals surface area contributed by atoms with E-state index >= 15 is 0 Å². The summed E-state index contributed by atoms with van der Waals surface area (Å²) < 4.78 is 0. The average Bonchev–Trinajstić information content (AvgIpc) is 2.70. The predicted molar refractivity (Wildman–Crippen MR) is 113 cm³/mol. The van der Waals surface area contributed by atoms with Crippen LogP contribution < -0.4 is 16.0 Å². The van der Waals surface area contributed by atoms with Gasteiger partial charge in [-0.1, -0.05) is 41.4 Å². The largest absolute Gasteiger partial charge is 0.354 e. The Bertz CT molecular complexity index is 970. The third kappa shape index (κ3) is 5.34. The van der Waals surface area contributed by atoms with Crippen molar-refractivity contribution in [1.82, 2.24) is 5.32 Å². The fourth-order valence-electron chi connectivity index (χ4n) is 2.55. The molecule has 0 saturated heterocycles. The van der Waals surface area contributed by atoms with Gasteiger partial charge in [-0.25, -0.2) is 0 Å². The van der Waals surface area contributed by atoms with E-state index < -0.39 is 0 Å². The van der Waals surface area contributed by atoms with Gasteiger partial charge in [0.1, 0.15) is 0 Å². The Morgan fingerprint density at radius 3 is 2.18 bits per heavy atom. The first-order valence-corrected chi connectivity index (χ1v) is 9.15. The van der Waals surface area contributed by atoms with Gasteiger partial charge in [-0.05, 0) is 55.5 Å². The van der Waals surface area contributed by atoms with Crippen LogP contribution in [0.2, 0.25) is 5.02 Å². The van der Waals surface area contributed by atoms with E-state index in [0.29, 0.717) is 16.3 Å². The number of benzene rings is 3. The molecular weight excluding hydrogens is 374 g/mol. The maximum atomic E-state index is 12.3. The van der Waals surface area contributed by atoms with E-state index in [1.54, 1.807) is 30.3 Å². The lowest BCUT2D eigenvalue weighted by Crippen LogP contribution is -2.32. The zero-order valence-corrected chi connectivity index (χ0v) is 16.1. The molecule has 3 aromatic rings. The van der Waals surface area contributed by atoms with E-state index in [2.05, 4.69) is 16.0 Å². The molecule has 0 spiro atoms. The summed E-state index contributed by atoms with van der Waals surface area (Å²) in [5.74, 6) is -0.654. The first kappa shape index (κ1) is 19.5. The molecule has 3 rings (SSSR count). The smallest absolute Gasteiger partial charge is 0.251 e. The second kappa shape index (κ2) is 9.06.